The Balaban J connectivity index is 1.92. The van der Waals surface area contributed by atoms with Crippen LogP contribution in [0.4, 0.5) is 0 Å². The molecule has 2 unspecified atom stereocenters. The van der Waals surface area contributed by atoms with Crippen molar-refractivity contribution < 1.29 is 19.5 Å². The fourth-order valence-corrected chi connectivity index (χ4v) is 2.73. The van der Waals surface area contributed by atoms with Gasteiger partial charge in [-0.1, -0.05) is 30.5 Å². The summed E-state index contributed by atoms with van der Waals surface area (Å²) in [7, 11) is 0. The second kappa shape index (κ2) is 7.06. The molecule has 22 heavy (non-hydrogen) atoms. The van der Waals surface area contributed by atoms with E-state index in [2.05, 4.69) is 10.9 Å². The van der Waals surface area contributed by atoms with Crippen LogP contribution in [-0.4, -0.2) is 22.9 Å². The Kier molecular flexibility index (Phi) is 5.14. The zero-order valence-electron chi connectivity index (χ0n) is 12.5. The number of hydrogen-bond acceptors (Lipinski definition) is 3. The van der Waals surface area contributed by atoms with Gasteiger partial charge in [-0.3, -0.25) is 25.2 Å². The van der Waals surface area contributed by atoms with Crippen molar-refractivity contribution in [2.45, 2.75) is 32.6 Å². The van der Waals surface area contributed by atoms with Crippen molar-refractivity contribution in [2.75, 3.05) is 0 Å². The number of carbonyl (C=O) groups is 3. The third kappa shape index (κ3) is 3.84. The van der Waals surface area contributed by atoms with Gasteiger partial charge in [-0.15, -0.1) is 0 Å². The second-order valence-corrected chi connectivity index (χ2v) is 5.65. The maximum atomic E-state index is 12.1. The molecule has 0 aromatic heterocycles. The third-order valence-electron chi connectivity index (χ3n) is 4.03. The highest BCUT2D eigenvalue weighted by Gasteiger charge is 2.35. The summed E-state index contributed by atoms with van der Waals surface area (Å²) in [6, 6.07) is 6.94. The average Bonchev–Trinajstić information content (AvgIpc) is 2.53. The molecule has 2 atom stereocenters. The molecule has 2 amide bonds. The molecule has 1 aliphatic carbocycles. The summed E-state index contributed by atoms with van der Waals surface area (Å²) in [6.45, 7) is 1.92. The number of hydrogen-bond donors (Lipinski definition) is 3. The van der Waals surface area contributed by atoms with Gasteiger partial charge in [-0.2, -0.15) is 0 Å². The third-order valence-corrected chi connectivity index (χ3v) is 4.03. The van der Waals surface area contributed by atoms with Gasteiger partial charge < -0.3 is 5.11 Å². The Morgan fingerprint density at radius 1 is 1.00 bits per heavy atom. The zero-order chi connectivity index (χ0) is 16.1. The van der Waals surface area contributed by atoms with E-state index < -0.39 is 29.6 Å². The number of carbonyl (C=O) groups excluding carboxylic acids is 2. The van der Waals surface area contributed by atoms with Gasteiger partial charge in [0.25, 0.3) is 5.91 Å². The summed E-state index contributed by atoms with van der Waals surface area (Å²) >= 11 is 0. The van der Waals surface area contributed by atoms with Crippen LogP contribution in [-0.2, 0) is 9.59 Å². The minimum absolute atomic E-state index is 0.420. The monoisotopic (exact) mass is 304 g/mol. The molecular formula is C16H20N2O4. The van der Waals surface area contributed by atoms with Crippen molar-refractivity contribution in [2.24, 2.45) is 11.8 Å². The van der Waals surface area contributed by atoms with Gasteiger partial charge in [-0.05, 0) is 31.9 Å². The van der Waals surface area contributed by atoms with Crippen LogP contribution in [0.15, 0.2) is 24.3 Å². The van der Waals surface area contributed by atoms with Crippen molar-refractivity contribution in [1.82, 2.24) is 10.9 Å². The number of amides is 2. The van der Waals surface area contributed by atoms with Crippen molar-refractivity contribution in [3.63, 3.8) is 0 Å². The highest BCUT2D eigenvalue weighted by atomic mass is 16.4. The number of aliphatic carboxylic acids is 1. The molecule has 6 nitrogen and oxygen atoms in total. The molecule has 1 aliphatic rings. The van der Waals surface area contributed by atoms with Crippen molar-refractivity contribution in [3.8, 4) is 0 Å². The summed E-state index contributed by atoms with van der Waals surface area (Å²) in [5.74, 6) is -3.08. The van der Waals surface area contributed by atoms with Gasteiger partial charge in [0.15, 0.2) is 0 Å². The topological polar surface area (TPSA) is 95.5 Å². The normalized spacial score (nSPS) is 21.0. The summed E-state index contributed by atoms with van der Waals surface area (Å²) in [5.41, 5.74) is 6.16. The molecule has 0 bridgehead atoms. The predicted molar refractivity (Wildman–Crippen MR) is 79.9 cm³/mol. The van der Waals surface area contributed by atoms with Gasteiger partial charge in [0, 0.05) is 5.56 Å². The van der Waals surface area contributed by atoms with E-state index in [0.717, 1.165) is 18.4 Å². The quantitative estimate of drug-likeness (QED) is 0.740. The maximum Gasteiger partial charge on any atom is 0.307 e. The van der Waals surface area contributed by atoms with E-state index in [4.69, 9.17) is 0 Å². The predicted octanol–water partition coefficient (Wildman–Crippen LogP) is 1.65. The highest BCUT2D eigenvalue weighted by molar-refractivity contribution is 5.96. The van der Waals surface area contributed by atoms with Crippen LogP contribution in [0.3, 0.4) is 0 Å². The lowest BCUT2D eigenvalue weighted by Crippen LogP contribution is -2.47. The standard InChI is InChI=1S/C16H20N2O4/c1-10-6-8-11(9-7-10)14(19)17-18-15(20)12-4-2-3-5-13(12)16(21)22/h6-9,12-13H,2-5H2,1H3,(H,17,19)(H,18,20)(H,21,22). The lowest BCUT2D eigenvalue weighted by Gasteiger charge is -2.27. The van der Waals surface area contributed by atoms with E-state index in [0.29, 0.717) is 18.4 Å². The van der Waals surface area contributed by atoms with Gasteiger partial charge in [0.2, 0.25) is 5.91 Å². The first-order chi connectivity index (χ1) is 10.5. The van der Waals surface area contributed by atoms with Crippen LogP contribution in [0.5, 0.6) is 0 Å². The Bertz CT molecular complexity index is 568. The number of carboxylic acids is 1. The minimum atomic E-state index is -0.954. The number of carboxylic acid groups (broad SMARTS) is 1. The van der Waals surface area contributed by atoms with E-state index in [-0.39, 0.29) is 0 Å². The van der Waals surface area contributed by atoms with E-state index in [1.165, 1.54) is 0 Å². The van der Waals surface area contributed by atoms with Crippen LogP contribution in [0.1, 0.15) is 41.6 Å². The first-order valence-corrected chi connectivity index (χ1v) is 7.38. The lowest BCUT2D eigenvalue weighted by atomic mass is 9.79. The van der Waals surface area contributed by atoms with Crippen molar-refractivity contribution >= 4 is 17.8 Å². The van der Waals surface area contributed by atoms with Crippen molar-refractivity contribution in [1.29, 1.82) is 0 Å². The van der Waals surface area contributed by atoms with Crippen LogP contribution in [0.2, 0.25) is 0 Å². The Labute approximate surface area is 128 Å². The number of benzene rings is 1. The summed E-state index contributed by atoms with van der Waals surface area (Å²) in [6.07, 6.45) is 2.67. The Morgan fingerprint density at radius 2 is 1.59 bits per heavy atom. The largest absolute Gasteiger partial charge is 0.481 e. The molecule has 1 fully saturated rings. The molecule has 2 rings (SSSR count). The Hall–Kier alpha value is -2.37. The van der Waals surface area contributed by atoms with E-state index in [1.54, 1.807) is 24.3 Å². The molecule has 0 aliphatic heterocycles. The number of hydrazine groups is 1. The molecule has 0 heterocycles. The molecule has 0 saturated heterocycles. The molecule has 1 aromatic rings. The lowest BCUT2D eigenvalue weighted by molar-refractivity contribution is -0.149. The van der Waals surface area contributed by atoms with Gasteiger partial charge in [-0.25, -0.2) is 0 Å². The first-order valence-electron chi connectivity index (χ1n) is 7.38. The van der Waals surface area contributed by atoms with Gasteiger partial charge in [0.05, 0.1) is 11.8 Å². The van der Waals surface area contributed by atoms with E-state index >= 15 is 0 Å². The molecular weight excluding hydrogens is 284 g/mol. The fourth-order valence-electron chi connectivity index (χ4n) is 2.73. The fraction of sp³-hybridized carbons (Fsp3) is 0.438. The van der Waals surface area contributed by atoms with Crippen LogP contribution in [0, 0.1) is 18.8 Å². The average molecular weight is 304 g/mol. The molecule has 1 saturated carbocycles. The first kappa shape index (κ1) is 16.0. The molecule has 0 spiro atoms. The minimum Gasteiger partial charge on any atom is -0.481 e. The Morgan fingerprint density at radius 3 is 2.18 bits per heavy atom. The maximum absolute atomic E-state index is 12.1. The van der Waals surface area contributed by atoms with Crippen molar-refractivity contribution in [3.05, 3.63) is 35.4 Å². The van der Waals surface area contributed by atoms with Crippen LogP contribution >= 0.6 is 0 Å². The summed E-state index contributed by atoms with van der Waals surface area (Å²) in [5, 5.41) is 9.17. The van der Waals surface area contributed by atoms with E-state index in [1.807, 2.05) is 6.92 Å². The molecule has 118 valence electrons. The second-order valence-electron chi connectivity index (χ2n) is 5.65. The number of nitrogens with one attached hydrogen (secondary N) is 2. The molecule has 3 N–H and O–H groups in total. The summed E-state index contributed by atoms with van der Waals surface area (Å²) < 4.78 is 0. The van der Waals surface area contributed by atoms with Crippen LogP contribution in [0.25, 0.3) is 0 Å². The molecule has 0 radical (unpaired) electrons. The number of rotatable bonds is 3. The van der Waals surface area contributed by atoms with Gasteiger partial charge >= 0.3 is 5.97 Å². The SMILES string of the molecule is Cc1ccc(C(=O)NNC(=O)C2CCCCC2C(=O)O)cc1. The van der Waals surface area contributed by atoms with E-state index in [9.17, 15) is 19.5 Å². The molecule has 6 heteroatoms. The zero-order valence-corrected chi connectivity index (χ0v) is 12.5. The van der Waals surface area contributed by atoms with Gasteiger partial charge in [0.1, 0.15) is 0 Å². The number of aryl methyl sites for hydroxylation is 1. The smallest absolute Gasteiger partial charge is 0.307 e. The highest BCUT2D eigenvalue weighted by Crippen LogP contribution is 2.30. The van der Waals surface area contributed by atoms with Crippen LogP contribution < -0.4 is 10.9 Å². The summed E-state index contributed by atoms with van der Waals surface area (Å²) in [4.78, 5) is 35.2. The molecule has 1 aromatic carbocycles.